The van der Waals surface area contributed by atoms with Gasteiger partial charge < -0.3 is 20.4 Å². The first-order valence-electron chi connectivity index (χ1n) is 12.0. The summed E-state index contributed by atoms with van der Waals surface area (Å²) in [5.41, 5.74) is 0. The Morgan fingerprint density at radius 1 is 1.03 bits per heavy atom. The molecule has 0 radical (unpaired) electrons. The average Bonchev–Trinajstić information content (AvgIpc) is 3.12. The predicted octanol–water partition coefficient (Wildman–Crippen LogP) is 4.33. The Hall–Kier alpha value is -1.65. The minimum absolute atomic E-state index is 0.306. The molecule has 29 heavy (non-hydrogen) atoms. The molecule has 2 saturated carbocycles. The molecule has 3 fully saturated rings. The monoisotopic (exact) mass is 402 g/mol. The summed E-state index contributed by atoms with van der Waals surface area (Å²) in [5, 5.41) is 6.86. The second kappa shape index (κ2) is 10.9. The van der Waals surface area contributed by atoms with Crippen molar-refractivity contribution in [3.05, 3.63) is 24.8 Å². The Balaban J connectivity index is 1.46. The van der Waals surface area contributed by atoms with Crippen LogP contribution in [0.25, 0.3) is 0 Å². The fourth-order valence-electron chi connectivity index (χ4n) is 5.35. The molecule has 1 saturated heterocycles. The number of amides is 1. The zero-order valence-corrected chi connectivity index (χ0v) is 18.6. The maximum absolute atomic E-state index is 11.7. The van der Waals surface area contributed by atoms with Crippen LogP contribution in [0.15, 0.2) is 24.8 Å². The second-order valence-electron chi connectivity index (χ2n) is 9.43. The van der Waals surface area contributed by atoms with E-state index < -0.39 is 0 Å². The van der Waals surface area contributed by atoms with Crippen molar-refractivity contribution in [3.63, 3.8) is 0 Å². The van der Waals surface area contributed by atoms with Crippen molar-refractivity contribution in [1.82, 2.24) is 20.4 Å². The Kier molecular flexibility index (Phi) is 8.31. The molecule has 5 nitrogen and oxygen atoms in total. The maximum Gasteiger partial charge on any atom is 0.222 e. The molecule has 0 spiro atoms. The highest BCUT2D eigenvalue weighted by Gasteiger charge is 2.31. The molecule has 0 aromatic carbocycles. The lowest BCUT2D eigenvalue weighted by atomic mass is 9.84. The van der Waals surface area contributed by atoms with Crippen molar-refractivity contribution >= 4 is 5.91 Å². The van der Waals surface area contributed by atoms with Crippen LogP contribution < -0.4 is 10.6 Å². The summed E-state index contributed by atoms with van der Waals surface area (Å²) in [6.07, 6.45) is 14.5. The van der Waals surface area contributed by atoms with Crippen LogP contribution in [0.2, 0.25) is 0 Å². The molecule has 0 aromatic heterocycles. The number of carbonyl (C=O) groups is 1. The van der Waals surface area contributed by atoms with E-state index in [1.807, 2.05) is 4.90 Å². The smallest absolute Gasteiger partial charge is 0.222 e. The zero-order valence-electron chi connectivity index (χ0n) is 18.6. The van der Waals surface area contributed by atoms with Gasteiger partial charge >= 0.3 is 0 Å². The standard InChI is InChI=1S/C24H42N4O/c1-19-12-14-23(15-13-19)28(22-9-5-4-6-10-22)21(3)26-20(2)25-16-8-18-27-17-7-11-24(27)29/h19,22-23,25-26H,2-18H2,1H3/t19-,23-. The highest BCUT2D eigenvalue weighted by Crippen LogP contribution is 2.33. The average molecular weight is 403 g/mol. The molecule has 1 amide bonds. The van der Waals surface area contributed by atoms with Gasteiger partial charge in [-0.25, -0.2) is 0 Å². The third kappa shape index (κ3) is 6.42. The molecule has 2 N–H and O–H groups in total. The quantitative estimate of drug-likeness (QED) is 0.534. The van der Waals surface area contributed by atoms with Crippen molar-refractivity contribution in [3.8, 4) is 0 Å². The third-order valence-electron chi connectivity index (χ3n) is 7.07. The van der Waals surface area contributed by atoms with Gasteiger partial charge in [-0.05, 0) is 57.3 Å². The number of nitrogens with one attached hydrogen (secondary N) is 2. The van der Waals surface area contributed by atoms with Crippen molar-refractivity contribution in [1.29, 1.82) is 0 Å². The number of likely N-dealkylation sites (tertiary alicyclic amines) is 1. The molecule has 5 heteroatoms. The van der Waals surface area contributed by atoms with Crippen molar-refractivity contribution < 1.29 is 4.79 Å². The first-order chi connectivity index (χ1) is 14.0. The number of carbonyl (C=O) groups excluding carboxylic acids is 1. The van der Waals surface area contributed by atoms with Crippen molar-refractivity contribution in [2.75, 3.05) is 19.6 Å². The van der Waals surface area contributed by atoms with Crippen LogP contribution in [-0.2, 0) is 4.79 Å². The Morgan fingerprint density at radius 2 is 1.72 bits per heavy atom. The van der Waals surface area contributed by atoms with E-state index in [2.05, 4.69) is 35.6 Å². The normalized spacial score (nSPS) is 25.7. The largest absolute Gasteiger partial charge is 0.372 e. The van der Waals surface area contributed by atoms with Gasteiger partial charge in [0.05, 0.1) is 11.6 Å². The van der Waals surface area contributed by atoms with Gasteiger partial charge in [-0.15, -0.1) is 0 Å². The first kappa shape index (κ1) is 22.0. The van der Waals surface area contributed by atoms with E-state index in [-0.39, 0.29) is 0 Å². The summed E-state index contributed by atoms with van der Waals surface area (Å²) < 4.78 is 0. The minimum Gasteiger partial charge on any atom is -0.372 e. The molecule has 0 atom stereocenters. The minimum atomic E-state index is 0.306. The summed E-state index contributed by atoms with van der Waals surface area (Å²) in [4.78, 5) is 16.3. The van der Waals surface area contributed by atoms with Gasteiger partial charge in [0.2, 0.25) is 5.91 Å². The van der Waals surface area contributed by atoms with Crippen LogP contribution in [0.5, 0.6) is 0 Å². The van der Waals surface area contributed by atoms with Gasteiger partial charge in [0.25, 0.3) is 0 Å². The Bertz CT molecular complexity index is 561. The zero-order chi connectivity index (χ0) is 20.6. The van der Waals surface area contributed by atoms with E-state index in [0.717, 1.165) is 56.5 Å². The van der Waals surface area contributed by atoms with E-state index in [1.54, 1.807) is 0 Å². The second-order valence-corrected chi connectivity index (χ2v) is 9.43. The van der Waals surface area contributed by atoms with Gasteiger partial charge in [0.15, 0.2) is 0 Å². The molecule has 0 bridgehead atoms. The molecule has 164 valence electrons. The Labute approximate surface area is 178 Å². The van der Waals surface area contributed by atoms with E-state index in [1.165, 1.54) is 57.8 Å². The molecule has 3 aliphatic rings. The Morgan fingerprint density at radius 3 is 2.38 bits per heavy atom. The van der Waals surface area contributed by atoms with E-state index in [9.17, 15) is 4.79 Å². The molecular weight excluding hydrogens is 360 g/mol. The highest BCUT2D eigenvalue weighted by molar-refractivity contribution is 5.77. The van der Waals surface area contributed by atoms with Crippen LogP contribution in [0.3, 0.4) is 0 Å². The van der Waals surface area contributed by atoms with Gasteiger partial charge in [-0.3, -0.25) is 4.79 Å². The van der Waals surface area contributed by atoms with Crippen LogP contribution in [0, 0.1) is 5.92 Å². The van der Waals surface area contributed by atoms with Gasteiger partial charge in [0.1, 0.15) is 0 Å². The fraction of sp³-hybridized carbons (Fsp3) is 0.792. The van der Waals surface area contributed by atoms with Crippen molar-refractivity contribution in [2.24, 2.45) is 5.92 Å². The van der Waals surface area contributed by atoms with Crippen LogP contribution in [-0.4, -0.2) is 47.4 Å². The van der Waals surface area contributed by atoms with E-state index in [4.69, 9.17) is 0 Å². The summed E-state index contributed by atoms with van der Waals surface area (Å²) in [6, 6.07) is 1.24. The first-order valence-corrected chi connectivity index (χ1v) is 12.0. The summed E-state index contributed by atoms with van der Waals surface area (Å²) in [5.74, 6) is 3.01. The van der Waals surface area contributed by atoms with E-state index >= 15 is 0 Å². The maximum atomic E-state index is 11.7. The summed E-state index contributed by atoms with van der Waals surface area (Å²) in [7, 11) is 0. The van der Waals surface area contributed by atoms with Crippen molar-refractivity contribution in [2.45, 2.75) is 96.1 Å². The lowest BCUT2D eigenvalue weighted by Gasteiger charge is -2.45. The lowest BCUT2D eigenvalue weighted by Crippen LogP contribution is -2.48. The van der Waals surface area contributed by atoms with Gasteiger partial charge in [-0.2, -0.15) is 0 Å². The van der Waals surface area contributed by atoms with Gasteiger partial charge in [-0.1, -0.05) is 39.3 Å². The van der Waals surface area contributed by atoms with Crippen LogP contribution in [0.1, 0.15) is 84.0 Å². The molecule has 1 aliphatic heterocycles. The summed E-state index contributed by atoms with van der Waals surface area (Å²) in [6.45, 7) is 13.6. The lowest BCUT2D eigenvalue weighted by molar-refractivity contribution is -0.127. The molecular formula is C24H42N4O. The molecule has 1 heterocycles. The molecule has 0 unspecified atom stereocenters. The number of rotatable bonds is 10. The molecule has 3 rings (SSSR count). The highest BCUT2D eigenvalue weighted by atomic mass is 16.2. The predicted molar refractivity (Wildman–Crippen MR) is 120 cm³/mol. The number of hydrogen-bond donors (Lipinski definition) is 2. The topological polar surface area (TPSA) is 47.6 Å². The third-order valence-corrected chi connectivity index (χ3v) is 7.07. The van der Waals surface area contributed by atoms with Gasteiger partial charge in [0, 0.05) is 38.1 Å². The number of nitrogens with zero attached hydrogens (tertiary/aromatic N) is 2. The SMILES string of the molecule is C=C(NCCCN1CCCC1=O)NC(=C)N(C1CCCCC1)[C@H]1CC[C@H](C)CC1. The van der Waals surface area contributed by atoms with E-state index in [0.29, 0.717) is 18.0 Å². The number of hydrogen-bond acceptors (Lipinski definition) is 4. The summed E-state index contributed by atoms with van der Waals surface area (Å²) >= 11 is 0. The van der Waals surface area contributed by atoms with Crippen LogP contribution in [0.4, 0.5) is 0 Å². The molecule has 2 aliphatic carbocycles. The molecule has 0 aromatic rings. The van der Waals surface area contributed by atoms with Crippen LogP contribution >= 0.6 is 0 Å². The fourth-order valence-corrected chi connectivity index (χ4v) is 5.35.